The van der Waals surface area contributed by atoms with Gasteiger partial charge in [-0.2, -0.15) is 39.5 Å². The number of hydrogen-bond donors (Lipinski definition) is 2. The summed E-state index contributed by atoms with van der Waals surface area (Å²) in [6.07, 6.45) is -13.8. The standard InChI is InChI=1S/C9H6ClF3O2.C8H4ClF3O2.C8H6ClF3O.B.Li.H/c1-15-8(14)7-5(9(11,12)13)3-2-4-6(7)10;9-5-3-1-2-4(8(10,11)12)6(5)7(13)14;9-7-3-1-2-6(5(7)4-13)8(10,11)12;;;/h2-4H,1H3;1-3H,(H,13,14);1-3,13H,4H2;;;/q;;;;+1;-1. The third kappa shape index (κ3) is 12.1. The van der Waals surface area contributed by atoms with Crippen molar-refractivity contribution in [2.45, 2.75) is 25.1 Å². The fraction of sp³-hybridized carbons (Fsp3) is 0.200. The number of hydrogen-bond acceptors (Lipinski definition) is 4. The van der Waals surface area contributed by atoms with Gasteiger partial charge in [0.2, 0.25) is 0 Å². The first-order valence-corrected chi connectivity index (χ1v) is 11.8. The van der Waals surface area contributed by atoms with Gasteiger partial charge in [0.25, 0.3) is 0 Å². The number of methoxy groups -OCH3 is 1. The van der Waals surface area contributed by atoms with Gasteiger partial charge >= 0.3 is 49.3 Å². The van der Waals surface area contributed by atoms with E-state index in [9.17, 15) is 49.1 Å². The molecule has 0 heterocycles. The van der Waals surface area contributed by atoms with Crippen molar-refractivity contribution in [1.82, 2.24) is 0 Å². The van der Waals surface area contributed by atoms with Gasteiger partial charge in [-0.05, 0) is 36.4 Å². The van der Waals surface area contributed by atoms with Crippen LogP contribution >= 0.6 is 34.8 Å². The molecule has 0 aromatic heterocycles. The molecule has 19 heteroatoms. The Hall–Kier alpha value is -2.54. The van der Waals surface area contributed by atoms with E-state index < -0.39 is 69.9 Å². The molecule has 235 valence electrons. The number of ether oxygens (including phenoxy) is 1. The second-order valence-electron chi connectivity index (χ2n) is 7.54. The van der Waals surface area contributed by atoms with E-state index in [1.165, 1.54) is 18.2 Å². The Labute approximate surface area is 274 Å². The summed E-state index contributed by atoms with van der Waals surface area (Å²) in [4.78, 5) is 21.6. The van der Waals surface area contributed by atoms with Gasteiger partial charge in [0.05, 0.1) is 51.6 Å². The number of carboxylic acids is 1. The Balaban J connectivity index is -0.000000570. The third-order valence-electron chi connectivity index (χ3n) is 4.82. The van der Waals surface area contributed by atoms with E-state index in [0.29, 0.717) is 6.07 Å². The van der Waals surface area contributed by atoms with Gasteiger partial charge in [-0.1, -0.05) is 53.0 Å². The molecule has 2 N–H and O–H groups in total. The number of rotatable bonds is 3. The summed E-state index contributed by atoms with van der Waals surface area (Å²) in [6, 6.07) is 9.32. The second kappa shape index (κ2) is 17.8. The van der Waals surface area contributed by atoms with E-state index in [2.05, 4.69) is 4.74 Å². The number of halogens is 12. The quantitative estimate of drug-likeness (QED) is 0.207. The number of carbonyl (C=O) groups excluding carboxylic acids is 1. The number of alkyl halides is 9. The predicted molar refractivity (Wildman–Crippen MR) is 140 cm³/mol. The number of esters is 1. The summed E-state index contributed by atoms with van der Waals surface area (Å²) in [5, 5.41) is 16.4. The molecule has 0 bridgehead atoms. The van der Waals surface area contributed by atoms with Gasteiger partial charge in [0.15, 0.2) is 0 Å². The van der Waals surface area contributed by atoms with Crippen LogP contribution in [-0.2, 0) is 29.9 Å². The Kier molecular flexibility index (Phi) is 17.7. The number of carboxylic acid groups (broad SMARTS) is 1. The molecule has 0 amide bonds. The summed E-state index contributed by atoms with van der Waals surface area (Å²) in [7, 11) is 0.992. The molecule has 0 saturated heterocycles. The van der Waals surface area contributed by atoms with Gasteiger partial charge < -0.3 is 16.4 Å². The summed E-state index contributed by atoms with van der Waals surface area (Å²) in [6.45, 7) is -0.714. The fourth-order valence-corrected chi connectivity index (χ4v) is 3.77. The predicted octanol–water partition coefficient (Wildman–Crippen LogP) is 5.79. The van der Waals surface area contributed by atoms with Crippen LogP contribution in [0.1, 0.15) is 44.4 Å². The Morgan fingerprint density at radius 2 is 1.05 bits per heavy atom. The number of aliphatic hydroxyl groups excluding tert-OH is 1. The molecule has 3 radical (unpaired) electrons. The van der Waals surface area contributed by atoms with Crippen LogP contribution in [-0.4, -0.2) is 37.7 Å². The molecular formula is C25H17BCl3F9LiO5. The topological polar surface area (TPSA) is 83.8 Å². The first-order valence-electron chi connectivity index (χ1n) is 10.7. The van der Waals surface area contributed by atoms with Crippen molar-refractivity contribution in [3.8, 4) is 0 Å². The monoisotopic (exact) mass is 691 g/mol. The molecule has 0 fully saturated rings. The van der Waals surface area contributed by atoms with E-state index in [1.54, 1.807) is 0 Å². The minimum absolute atomic E-state index is 0. The van der Waals surface area contributed by atoms with E-state index in [0.717, 1.165) is 37.4 Å². The molecule has 0 atom stereocenters. The van der Waals surface area contributed by atoms with Gasteiger partial charge in [0, 0.05) is 19.0 Å². The van der Waals surface area contributed by atoms with Crippen LogP contribution in [0, 0.1) is 0 Å². The number of aliphatic hydroxyl groups is 1. The van der Waals surface area contributed by atoms with Crippen molar-refractivity contribution in [2.75, 3.05) is 7.11 Å². The van der Waals surface area contributed by atoms with Crippen LogP contribution in [0.2, 0.25) is 15.1 Å². The molecule has 0 aliphatic carbocycles. The van der Waals surface area contributed by atoms with Crippen LogP contribution in [0.4, 0.5) is 39.5 Å². The Morgan fingerprint density at radius 3 is 1.34 bits per heavy atom. The molecule has 3 aromatic rings. The largest absolute Gasteiger partial charge is 1.00 e. The van der Waals surface area contributed by atoms with Crippen molar-refractivity contribution in [2.24, 2.45) is 0 Å². The summed E-state index contributed by atoms with van der Waals surface area (Å²) in [5.74, 6) is -2.80. The molecular weight excluding hydrogens is 675 g/mol. The van der Waals surface area contributed by atoms with Crippen LogP contribution in [0.25, 0.3) is 0 Å². The average molecular weight is 693 g/mol. The maximum atomic E-state index is 12.5. The zero-order valence-corrected chi connectivity index (χ0v) is 24.4. The fourth-order valence-electron chi connectivity index (χ4n) is 3.03. The Bertz CT molecular complexity index is 1430. The van der Waals surface area contributed by atoms with Crippen molar-refractivity contribution < 1.29 is 84.3 Å². The molecule has 3 rings (SSSR count). The molecule has 0 saturated carbocycles. The summed E-state index contributed by atoms with van der Waals surface area (Å²) >= 11 is 16.3. The first-order chi connectivity index (χ1) is 19.2. The Morgan fingerprint density at radius 1 is 0.705 bits per heavy atom. The SMILES string of the molecule is COC(=O)c1c(Cl)cccc1C(F)(F)F.O=C(O)c1c(Cl)cccc1C(F)(F)F.OCc1c(Cl)cccc1C(F)(F)F.[B].[H-].[Li+]. The smallest absolute Gasteiger partial charge is 1.00 e. The van der Waals surface area contributed by atoms with Crippen molar-refractivity contribution in [1.29, 1.82) is 0 Å². The van der Waals surface area contributed by atoms with E-state index in [-0.39, 0.29) is 44.3 Å². The average Bonchev–Trinajstić information content (AvgIpc) is 2.86. The molecule has 0 aliphatic heterocycles. The second-order valence-corrected chi connectivity index (χ2v) is 8.76. The van der Waals surface area contributed by atoms with Crippen LogP contribution in [0.15, 0.2) is 54.6 Å². The van der Waals surface area contributed by atoms with E-state index >= 15 is 0 Å². The maximum absolute atomic E-state index is 12.5. The minimum atomic E-state index is -4.71. The maximum Gasteiger partial charge on any atom is 1.00 e. The van der Waals surface area contributed by atoms with Crippen molar-refractivity contribution in [3.05, 3.63) is 103 Å². The normalized spacial score (nSPS) is 11.0. The van der Waals surface area contributed by atoms with Gasteiger partial charge in [-0.15, -0.1) is 0 Å². The van der Waals surface area contributed by atoms with Crippen LogP contribution in [0.3, 0.4) is 0 Å². The first kappa shape index (κ1) is 43.6. The van der Waals surface area contributed by atoms with Crippen LogP contribution < -0.4 is 18.9 Å². The summed E-state index contributed by atoms with van der Waals surface area (Å²) in [5.41, 5.74) is -5.07. The number of benzene rings is 3. The molecule has 0 spiro atoms. The molecule has 0 aliphatic rings. The number of aromatic carboxylic acids is 1. The summed E-state index contributed by atoms with van der Waals surface area (Å²) < 4.78 is 115. The van der Waals surface area contributed by atoms with Crippen LogP contribution in [0.5, 0.6) is 0 Å². The van der Waals surface area contributed by atoms with E-state index in [1.807, 2.05) is 0 Å². The third-order valence-corrected chi connectivity index (χ3v) is 5.81. The van der Waals surface area contributed by atoms with Gasteiger partial charge in [-0.25, -0.2) is 9.59 Å². The van der Waals surface area contributed by atoms with E-state index in [4.69, 9.17) is 45.0 Å². The molecule has 3 aromatic carbocycles. The number of carbonyl (C=O) groups is 2. The molecule has 5 nitrogen and oxygen atoms in total. The zero-order valence-electron chi connectivity index (χ0n) is 23.1. The van der Waals surface area contributed by atoms with Gasteiger partial charge in [0.1, 0.15) is 0 Å². The molecule has 0 unspecified atom stereocenters. The van der Waals surface area contributed by atoms with Crippen molar-refractivity contribution >= 4 is 55.2 Å². The zero-order chi connectivity index (χ0) is 32.6. The minimum Gasteiger partial charge on any atom is -1.00 e. The van der Waals surface area contributed by atoms with Crippen molar-refractivity contribution in [3.63, 3.8) is 0 Å². The molecule has 44 heavy (non-hydrogen) atoms. The van der Waals surface area contributed by atoms with Gasteiger partial charge in [-0.3, -0.25) is 0 Å².